The Labute approximate surface area is 158 Å². The molecule has 1 aliphatic heterocycles. The van der Waals surface area contributed by atoms with Gasteiger partial charge in [0.1, 0.15) is 0 Å². The van der Waals surface area contributed by atoms with Crippen LogP contribution >= 0.6 is 11.6 Å². The van der Waals surface area contributed by atoms with Gasteiger partial charge in [-0.05, 0) is 52.8 Å². The number of rotatable bonds is 3. The summed E-state index contributed by atoms with van der Waals surface area (Å²) in [6.07, 6.45) is 1.19. The zero-order valence-corrected chi connectivity index (χ0v) is 16.0. The summed E-state index contributed by atoms with van der Waals surface area (Å²) in [7, 11) is 0. The Hall–Kier alpha value is -2.33. The number of anilines is 1. The zero-order valence-electron chi connectivity index (χ0n) is 15.2. The Kier molecular flexibility index (Phi) is 5.05. The third-order valence-corrected chi connectivity index (χ3v) is 4.43. The van der Waals surface area contributed by atoms with E-state index in [1.165, 1.54) is 0 Å². The van der Waals surface area contributed by atoms with Gasteiger partial charge in [0.25, 0.3) is 5.91 Å². The highest BCUT2D eigenvalue weighted by Crippen LogP contribution is 2.33. The Morgan fingerprint density at radius 3 is 2.38 bits per heavy atom. The highest BCUT2D eigenvalue weighted by Gasteiger charge is 2.29. The molecule has 0 bridgehead atoms. The lowest BCUT2D eigenvalue weighted by Gasteiger charge is -2.29. The van der Waals surface area contributed by atoms with E-state index in [2.05, 4.69) is 0 Å². The fourth-order valence-electron chi connectivity index (χ4n) is 2.95. The number of hydroxylamine groups is 1. The Balaban J connectivity index is 1.86. The summed E-state index contributed by atoms with van der Waals surface area (Å²) in [6.45, 7) is 5.87. The summed E-state index contributed by atoms with van der Waals surface area (Å²) in [5, 5.41) is 1.84. The molecule has 0 aromatic heterocycles. The van der Waals surface area contributed by atoms with Gasteiger partial charge < -0.3 is 4.84 Å². The molecule has 1 heterocycles. The molecule has 0 saturated carbocycles. The van der Waals surface area contributed by atoms with E-state index in [9.17, 15) is 9.59 Å². The maximum absolute atomic E-state index is 12.3. The van der Waals surface area contributed by atoms with Gasteiger partial charge in [-0.1, -0.05) is 50.6 Å². The van der Waals surface area contributed by atoms with Crippen molar-refractivity contribution >= 4 is 29.2 Å². The van der Waals surface area contributed by atoms with Crippen LogP contribution in [-0.4, -0.2) is 11.9 Å². The lowest BCUT2D eigenvalue weighted by Crippen LogP contribution is -2.37. The van der Waals surface area contributed by atoms with Gasteiger partial charge in [-0.3, -0.25) is 4.79 Å². The topological polar surface area (TPSA) is 46.6 Å². The van der Waals surface area contributed by atoms with Gasteiger partial charge in [-0.2, -0.15) is 0 Å². The second-order valence-electron chi connectivity index (χ2n) is 7.74. The molecule has 0 spiro atoms. The molecule has 5 heteroatoms. The van der Waals surface area contributed by atoms with Crippen LogP contribution in [0.5, 0.6) is 0 Å². The molecule has 136 valence electrons. The monoisotopic (exact) mass is 371 g/mol. The Bertz CT molecular complexity index is 837. The number of benzene rings is 2. The van der Waals surface area contributed by atoms with Gasteiger partial charge in [0, 0.05) is 11.4 Å². The molecule has 1 amide bonds. The average Bonchev–Trinajstić information content (AvgIpc) is 2.56. The van der Waals surface area contributed by atoms with Crippen molar-refractivity contribution in [3.63, 3.8) is 0 Å². The summed E-state index contributed by atoms with van der Waals surface area (Å²) >= 11 is 5.95. The van der Waals surface area contributed by atoms with E-state index in [0.717, 1.165) is 21.8 Å². The van der Waals surface area contributed by atoms with Crippen molar-refractivity contribution in [2.75, 3.05) is 5.06 Å². The van der Waals surface area contributed by atoms with Crippen molar-refractivity contribution in [3.8, 4) is 11.1 Å². The molecule has 0 aliphatic carbocycles. The lowest BCUT2D eigenvalue weighted by atomic mass is 9.92. The van der Waals surface area contributed by atoms with E-state index in [1.54, 1.807) is 0 Å². The average molecular weight is 372 g/mol. The molecular formula is C21H22ClNO3. The highest BCUT2D eigenvalue weighted by molar-refractivity contribution is 6.30. The predicted octanol–water partition coefficient (Wildman–Crippen LogP) is 5.18. The van der Waals surface area contributed by atoms with E-state index in [4.69, 9.17) is 16.4 Å². The third kappa shape index (κ3) is 4.25. The van der Waals surface area contributed by atoms with Gasteiger partial charge in [-0.25, -0.2) is 4.79 Å². The normalized spacial score (nSPS) is 14.2. The predicted molar refractivity (Wildman–Crippen MR) is 103 cm³/mol. The number of fused-ring (bicyclic) bond motifs is 1. The van der Waals surface area contributed by atoms with Gasteiger partial charge >= 0.3 is 5.97 Å². The summed E-state index contributed by atoms with van der Waals surface area (Å²) in [5.74, 6) is -0.598. The summed E-state index contributed by atoms with van der Waals surface area (Å²) < 4.78 is 0. The van der Waals surface area contributed by atoms with Gasteiger partial charge in [0.15, 0.2) is 0 Å². The fourth-order valence-corrected chi connectivity index (χ4v) is 3.08. The molecule has 0 N–H and O–H groups in total. The number of halogens is 1. The standard InChI is InChI=1S/C21H22ClNO3/c1-21(2,3)13-20(25)26-23-18-10-6-15(12-16(18)7-11-19(23)24)14-4-8-17(22)9-5-14/h4-6,8-10,12H,7,11,13H2,1-3H3. The minimum absolute atomic E-state index is 0.195. The van der Waals surface area contributed by atoms with Gasteiger partial charge in [0.2, 0.25) is 0 Å². The molecule has 2 aromatic rings. The summed E-state index contributed by atoms with van der Waals surface area (Å²) in [5.41, 5.74) is 3.51. The molecule has 0 saturated heterocycles. The number of amides is 1. The van der Waals surface area contributed by atoms with Crippen molar-refractivity contribution in [1.82, 2.24) is 0 Å². The largest absolute Gasteiger partial charge is 0.333 e. The first kappa shape index (κ1) is 18.5. The van der Waals surface area contributed by atoms with E-state index in [1.807, 2.05) is 63.2 Å². The van der Waals surface area contributed by atoms with Crippen LogP contribution in [0.15, 0.2) is 42.5 Å². The van der Waals surface area contributed by atoms with Crippen LogP contribution in [0.1, 0.15) is 39.2 Å². The maximum atomic E-state index is 12.3. The number of nitrogens with zero attached hydrogens (tertiary/aromatic N) is 1. The molecule has 0 atom stereocenters. The first-order chi connectivity index (χ1) is 12.2. The van der Waals surface area contributed by atoms with Crippen LogP contribution in [0.3, 0.4) is 0 Å². The number of hydrogen-bond donors (Lipinski definition) is 0. The van der Waals surface area contributed by atoms with Crippen LogP contribution in [-0.2, 0) is 20.8 Å². The number of aryl methyl sites for hydroxylation is 1. The molecule has 26 heavy (non-hydrogen) atoms. The zero-order chi connectivity index (χ0) is 18.9. The molecule has 4 nitrogen and oxygen atoms in total. The van der Waals surface area contributed by atoms with Crippen LogP contribution in [0.4, 0.5) is 5.69 Å². The van der Waals surface area contributed by atoms with Crippen LogP contribution < -0.4 is 5.06 Å². The Morgan fingerprint density at radius 1 is 1.08 bits per heavy atom. The molecule has 0 fully saturated rings. The second-order valence-corrected chi connectivity index (χ2v) is 8.18. The van der Waals surface area contributed by atoms with E-state index >= 15 is 0 Å². The van der Waals surface area contributed by atoms with Crippen molar-refractivity contribution < 1.29 is 14.4 Å². The number of hydrogen-bond acceptors (Lipinski definition) is 3. The van der Waals surface area contributed by atoms with Crippen LogP contribution in [0, 0.1) is 5.41 Å². The smallest absolute Gasteiger partial charge is 0.333 e. The van der Waals surface area contributed by atoms with Crippen molar-refractivity contribution in [3.05, 3.63) is 53.1 Å². The molecule has 0 unspecified atom stereocenters. The maximum Gasteiger partial charge on any atom is 0.333 e. The molecule has 2 aromatic carbocycles. The van der Waals surface area contributed by atoms with Crippen molar-refractivity contribution in [2.45, 2.75) is 40.0 Å². The molecular weight excluding hydrogens is 350 g/mol. The van der Waals surface area contributed by atoms with E-state index in [-0.39, 0.29) is 17.7 Å². The number of carbonyl (C=O) groups is 2. The summed E-state index contributed by atoms with van der Waals surface area (Å²) in [6, 6.07) is 13.4. The molecule has 3 rings (SSSR count). The quantitative estimate of drug-likeness (QED) is 0.746. The minimum Gasteiger partial charge on any atom is -0.333 e. The minimum atomic E-state index is -0.402. The SMILES string of the molecule is CC(C)(C)CC(=O)ON1C(=O)CCc2cc(-c3ccc(Cl)cc3)ccc21. The van der Waals surface area contributed by atoms with Crippen molar-refractivity contribution in [2.24, 2.45) is 5.41 Å². The molecule has 0 radical (unpaired) electrons. The Morgan fingerprint density at radius 2 is 1.73 bits per heavy atom. The summed E-state index contributed by atoms with van der Waals surface area (Å²) in [4.78, 5) is 29.9. The van der Waals surface area contributed by atoms with Crippen molar-refractivity contribution in [1.29, 1.82) is 0 Å². The fraction of sp³-hybridized carbons (Fsp3) is 0.333. The van der Waals surface area contributed by atoms with E-state index < -0.39 is 5.97 Å². The van der Waals surface area contributed by atoms with Gasteiger partial charge in [0.05, 0.1) is 12.1 Å². The lowest BCUT2D eigenvalue weighted by molar-refractivity contribution is -0.152. The van der Waals surface area contributed by atoms with E-state index in [0.29, 0.717) is 23.6 Å². The van der Waals surface area contributed by atoms with Crippen LogP contribution in [0.2, 0.25) is 5.02 Å². The molecule has 1 aliphatic rings. The van der Waals surface area contributed by atoms with Gasteiger partial charge in [-0.15, -0.1) is 5.06 Å². The van der Waals surface area contributed by atoms with Crippen LogP contribution in [0.25, 0.3) is 11.1 Å². The number of carbonyl (C=O) groups excluding carboxylic acids is 2. The third-order valence-electron chi connectivity index (χ3n) is 4.18. The highest BCUT2D eigenvalue weighted by atomic mass is 35.5. The first-order valence-corrected chi connectivity index (χ1v) is 9.03. The second kappa shape index (κ2) is 7.12. The first-order valence-electron chi connectivity index (χ1n) is 8.65.